The van der Waals surface area contributed by atoms with Gasteiger partial charge in [0, 0.05) is 25.8 Å². The minimum absolute atomic E-state index is 0.0926. The summed E-state index contributed by atoms with van der Waals surface area (Å²) >= 11 is 0. The quantitative estimate of drug-likeness (QED) is 0.921. The molecule has 2 fully saturated rings. The van der Waals surface area contributed by atoms with Crippen molar-refractivity contribution in [3.8, 4) is 0 Å². The molecule has 120 valence electrons. The maximum atomic E-state index is 12.6. The molecule has 6 heteroatoms. The van der Waals surface area contributed by atoms with Crippen molar-refractivity contribution in [2.45, 2.75) is 39.7 Å². The third-order valence-electron chi connectivity index (χ3n) is 5.02. The molecule has 0 bridgehead atoms. The van der Waals surface area contributed by atoms with E-state index >= 15 is 0 Å². The summed E-state index contributed by atoms with van der Waals surface area (Å²) in [6, 6.07) is 0. The molecule has 1 saturated carbocycles. The molecule has 1 aromatic rings. The second kappa shape index (κ2) is 5.41. The summed E-state index contributed by atoms with van der Waals surface area (Å²) in [5.74, 6) is -0.283. The summed E-state index contributed by atoms with van der Waals surface area (Å²) in [6.45, 7) is 5.86. The zero-order valence-corrected chi connectivity index (χ0v) is 13.2. The van der Waals surface area contributed by atoms with Crippen LogP contribution < -0.4 is 0 Å². The highest BCUT2D eigenvalue weighted by atomic mass is 16.4. The van der Waals surface area contributed by atoms with E-state index in [2.05, 4.69) is 18.9 Å². The van der Waals surface area contributed by atoms with Crippen molar-refractivity contribution in [3.63, 3.8) is 0 Å². The minimum atomic E-state index is -0.749. The first-order valence-corrected chi connectivity index (χ1v) is 7.97. The number of hydrogen-bond acceptors (Lipinski definition) is 3. The smallest absolute Gasteiger partial charge is 0.311 e. The van der Waals surface area contributed by atoms with Gasteiger partial charge in [0.2, 0.25) is 0 Å². The lowest BCUT2D eigenvalue weighted by molar-refractivity contribution is -0.149. The molecule has 2 heterocycles. The standard InChI is InChI=1S/C16H23N3O3/c1-11(2)7-19-8-12(6-17-19)14(20)18-9-13-4-3-5-16(13,10-18)15(21)22/h6,8,11,13H,3-5,7,9-10H2,1-2H3,(H,21,22)/t13-,16+/m0/s1. The van der Waals surface area contributed by atoms with Crippen LogP contribution in [0.1, 0.15) is 43.5 Å². The van der Waals surface area contributed by atoms with E-state index in [1.807, 2.05) is 0 Å². The third-order valence-corrected chi connectivity index (χ3v) is 5.02. The molecular weight excluding hydrogens is 282 g/mol. The lowest BCUT2D eigenvalue weighted by atomic mass is 9.81. The van der Waals surface area contributed by atoms with Gasteiger partial charge in [-0.1, -0.05) is 20.3 Å². The van der Waals surface area contributed by atoms with E-state index in [9.17, 15) is 14.7 Å². The van der Waals surface area contributed by atoms with Crippen LogP contribution in [0.25, 0.3) is 0 Å². The Bertz CT molecular complexity index is 595. The molecule has 0 spiro atoms. The zero-order valence-electron chi connectivity index (χ0n) is 13.2. The lowest BCUT2D eigenvalue weighted by Gasteiger charge is -2.23. The predicted molar refractivity (Wildman–Crippen MR) is 80.4 cm³/mol. The summed E-state index contributed by atoms with van der Waals surface area (Å²) in [7, 11) is 0. The van der Waals surface area contributed by atoms with Gasteiger partial charge < -0.3 is 10.0 Å². The number of aliphatic carboxylic acids is 1. The van der Waals surface area contributed by atoms with Crippen LogP contribution in [0, 0.1) is 17.3 Å². The van der Waals surface area contributed by atoms with Crippen molar-refractivity contribution in [1.29, 1.82) is 0 Å². The van der Waals surface area contributed by atoms with Crippen molar-refractivity contribution in [2.75, 3.05) is 13.1 Å². The Labute approximate surface area is 130 Å². The molecular formula is C16H23N3O3. The van der Waals surface area contributed by atoms with Gasteiger partial charge in [-0.05, 0) is 24.7 Å². The van der Waals surface area contributed by atoms with Crippen LogP contribution in [0.4, 0.5) is 0 Å². The highest BCUT2D eigenvalue weighted by molar-refractivity contribution is 5.94. The first kappa shape index (κ1) is 15.1. The maximum Gasteiger partial charge on any atom is 0.311 e. The number of likely N-dealkylation sites (tertiary alicyclic amines) is 1. The van der Waals surface area contributed by atoms with E-state index in [4.69, 9.17) is 0 Å². The molecule has 6 nitrogen and oxygen atoms in total. The SMILES string of the molecule is CC(C)Cn1cc(C(=O)N2C[C@@H]3CCC[C@@]3(C(=O)O)C2)cn1. The van der Waals surface area contributed by atoms with Crippen molar-refractivity contribution < 1.29 is 14.7 Å². The number of amides is 1. The van der Waals surface area contributed by atoms with Gasteiger partial charge >= 0.3 is 5.97 Å². The second-order valence-electron chi connectivity index (χ2n) is 7.08. The predicted octanol–water partition coefficient (Wildman–Crippen LogP) is 1.87. The third kappa shape index (κ3) is 2.40. The van der Waals surface area contributed by atoms with Gasteiger partial charge in [0.05, 0.1) is 17.2 Å². The van der Waals surface area contributed by atoms with Crippen LogP contribution in [0.15, 0.2) is 12.4 Å². The highest BCUT2D eigenvalue weighted by Crippen LogP contribution is 2.49. The summed E-state index contributed by atoms with van der Waals surface area (Å²) in [4.78, 5) is 26.0. The minimum Gasteiger partial charge on any atom is -0.481 e. The number of nitrogens with zero attached hydrogens (tertiary/aromatic N) is 3. The number of carboxylic acid groups (broad SMARTS) is 1. The average molecular weight is 305 g/mol. The number of carbonyl (C=O) groups is 2. The summed E-state index contributed by atoms with van der Waals surface area (Å²) in [5.41, 5.74) is -0.162. The number of aromatic nitrogens is 2. The van der Waals surface area contributed by atoms with Gasteiger partial charge in [0.1, 0.15) is 0 Å². The first-order chi connectivity index (χ1) is 10.4. The van der Waals surface area contributed by atoms with Crippen molar-refractivity contribution in [2.24, 2.45) is 17.3 Å². The Hall–Kier alpha value is -1.85. The Morgan fingerprint density at radius 3 is 2.91 bits per heavy atom. The topological polar surface area (TPSA) is 75.4 Å². The lowest BCUT2D eigenvalue weighted by Crippen LogP contribution is -2.37. The van der Waals surface area contributed by atoms with Gasteiger partial charge in [0.25, 0.3) is 5.91 Å². The monoisotopic (exact) mass is 305 g/mol. The number of rotatable bonds is 4. The molecule has 1 aromatic heterocycles. The molecule has 0 radical (unpaired) electrons. The van der Waals surface area contributed by atoms with Crippen LogP contribution in [0.3, 0.4) is 0 Å². The largest absolute Gasteiger partial charge is 0.481 e. The van der Waals surface area contributed by atoms with Crippen molar-refractivity contribution >= 4 is 11.9 Å². The van der Waals surface area contributed by atoms with Crippen LogP contribution in [-0.4, -0.2) is 44.8 Å². The van der Waals surface area contributed by atoms with E-state index in [-0.39, 0.29) is 11.8 Å². The van der Waals surface area contributed by atoms with Gasteiger partial charge in [0.15, 0.2) is 0 Å². The van der Waals surface area contributed by atoms with Crippen LogP contribution in [-0.2, 0) is 11.3 Å². The molecule has 1 N–H and O–H groups in total. The fourth-order valence-corrected chi connectivity index (χ4v) is 3.92. The van der Waals surface area contributed by atoms with Gasteiger partial charge in [-0.2, -0.15) is 5.10 Å². The molecule has 2 atom stereocenters. The van der Waals surface area contributed by atoms with Crippen LogP contribution in [0.2, 0.25) is 0 Å². The van der Waals surface area contributed by atoms with Crippen LogP contribution in [0.5, 0.6) is 0 Å². The summed E-state index contributed by atoms with van der Waals surface area (Å²) < 4.78 is 1.78. The molecule has 2 aliphatic rings. The fraction of sp³-hybridized carbons (Fsp3) is 0.688. The van der Waals surface area contributed by atoms with E-state index in [1.54, 1.807) is 22.0 Å². The number of fused-ring (bicyclic) bond motifs is 1. The Kier molecular flexibility index (Phi) is 3.70. The number of hydrogen-bond donors (Lipinski definition) is 1. The van der Waals surface area contributed by atoms with Gasteiger partial charge in [-0.15, -0.1) is 0 Å². The number of carboxylic acids is 1. The van der Waals surface area contributed by atoms with Gasteiger partial charge in [-0.25, -0.2) is 0 Å². The second-order valence-corrected chi connectivity index (χ2v) is 7.08. The molecule has 1 aliphatic carbocycles. The molecule has 22 heavy (non-hydrogen) atoms. The molecule has 1 amide bonds. The van der Waals surface area contributed by atoms with Crippen LogP contribution >= 0.6 is 0 Å². The fourth-order valence-electron chi connectivity index (χ4n) is 3.92. The molecule has 0 unspecified atom stereocenters. The van der Waals surface area contributed by atoms with E-state index in [0.717, 1.165) is 19.4 Å². The van der Waals surface area contributed by atoms with Crippen molar-refractivity contribution in [3.05, 3.63) is 18.0 Å². The van der Waals surface area contributed by atoms with E-state index < -0.39 is 11.4 Å². The Balaban J connectivity index is 1.74. The van der Waals surface area contributed by atoms with Gasteiger partial charge in [-0.3, -0.25) is 14.3 Å². The van der Waals surface area contributed by atoms with E-state index in [1.165, 1.54) is 0 Å². The first-order valence-electron chi connectivity index (χ1n) is 7.97. The zero-order chi connectivity index (χ0) is 15.9. The summed E-state index contributed by atoms with van der Waals surface area (Å²) in [6.07, 6.45) is 5.90. The maximum absolute atomic E-state index is 12.6. The average Bonchev–Trinajstić information content (AvgIpc) is 3.09. The molecule has 3 rings (SSSR count). The Morgan fingerprint density at radius 1 is 1.50 bits per heavy atom. The molecule has 1 saturated heterocycles. The normalized spacial score (nSPS) is 27.4. The Morgan fingerprint density at radius 2 is 2.27 bits per heavy atom. The van der Waals surface area contributed by atoms with E-state index in [0.29, 0.717) is 31.0 Å². The number of carbonyl (C=O) groups excluding carboxylic acids is 1. The molecule has 1 aliphatic heterocycles. The molecule has 0 aromatic carbocycles. The highest BCUT2D eigenvalue weighted by Gasteiger charge is 2.55. The summed E-state index contributed by atoms with van der Waals surface area (Å²) in [5, 5.41) is 13.8. The van der Waals surface area contributed by atoms with Crippen molar-refractivity contribution in [1.82, 2.24) is 14.7 Å².